The molecule has 0 radical (unpaired) electrons. The van der Waals surface area contributed by atoms with Crippen LogP contribution in [0.25, 0.3) is 5.57 Å². The van der Waals surface area contributed by atoms with Gasteiger partial charge in [0.05, 0.1) is 0 Å². The summed E-state index contributed by atoms with van der Waals surface area (Å²) in [6.07, 6.45) is 2.89. The van der Waals surface area contributed by atoms with Gasteiger partial charge in [-0.1, -0.05) is 29.8 Å². The summed E-state index contributed by atoms with van der Waals surface area (Å²) in [7, 11) is 0. The quantitative estimate of drug-likeness (QED) is 0.319. The third-order valence-corrected chi connectivity index (χ3v) is 6.13. The van der Waals surface area contributed by atoms with Gasteiger partial charge >= 0.3 is 11.9 Å². The van der Waals surface area contributed by atoms with Gasteiger partial charge in [0.2, 0.25) is 0 Å². The summed E-state index contributed by atoms with van der Waals surface area (Å²) in [5.74, 6) is -3.57. The van der Waals surface area contributed by atoms with Gasteiger partial charge in [-0.15, -0.1) is 0 Å². The second-order valence-corrected chi connectivity index (χ2v) is 8.91. The zero-order chi connectivity index (χ0) is 26.9. The molecule has 1 aliphatic carbocycles. The molecule has 0 heterocycles. The average molecular weight is 496 g/mol. The van der Waals surface area contributed by atoms with Crippen LogP contribution in [0.3, 0.4) is 0 Å². The number of allylic oxidation sites excluding steroid dienone is 4. The van der Waals surface area contributed by atoms with E-state index in [0.717, 1.165) is 16.9 Å². The predicted molar refractivity (Wildman–Crippen MR) is 141 cm³/mol. The number of hydrogen-bond donors (Lipinski definition) is 4. The highest BCUT2D eigenvalue weighted by atomic mass is 16.4. The first kappa shape index (κ1) is 25.2. The number of nitrogens with one attached hydrogen (secondary N) is 1. The zero-order valence-corrected chi connectivity index (χ0v) is 20.5. The Morgan fingerprint density at radius 3 is 1.92 bits per heavy atom. The number of rotatable bonds is 6. The molecule has 7 heteroatoms. The van der Waals surface area contributed by atoms with E-state index >= 15 is 0 Å². The minimum absolute atomic E-state index is 0.249. The molecule has 0 bridgehead atoms. The van der Waals surface area contributed by atoms with Gasteiger partial charge in [0, 0.05) is 11.4 Å². The number of hydrogen-bond acceptors (Lipinski definition) is 5. The first-order valence-corrected chi connectivity index (χ1v) is 11.5. The topological polar surface area (TPSA) is 124 Å². The number of carboxylic acids is 2. The maximum atomic E-state index is 12.4. The molecule has 0 amide bonds. The Kier molecular flexibility index (Phi) is 6.80. The van der Waals surface area contributed by atoms with Crippen molar-refractivity contribution in [1.82, 2.24) is 0 Å². The van der Waals surface area contributed by atoms with Crippen molar-refractivity contribution in [3.8, 4) is 5.75 Å². The lowest BCUT2D eigenvalue weighted by atomic mass is 9.85. The summed E-state index contributed by atoms with van der Waals surface area (Å²) >= 11 is 0. The third-order valence-electron chi connectivity index (χ3n) is 6.13. The lowest BCUT2D eigenvalue weighted by molar-refractivity contribution is -0.134. The van der Waals surface area contributed by atoms with Crippen molar-refractivity contribution in [3.05, 3.63) is 117 Å². The summed E-state index contributed by atoms with van der Waals surface area (Å²) in [5.41, 5.74) is 4.91. The molecular formula is C30H25NO6. The van der Waals surface area contributed by atoms with Gasteiger partial charge in [0.25, 0.3) is 0 Å². The van der Waals surface area contributed by atoms with Crippen LogP contribution in [0, 0.1) is 13.8 Å². The van der Waals surface area contributed by atoms with Gasteiger partial charge in [0.15, 0.2) is 5.78 Å². The molecule has 3 aromatic carbocycles. The SMILES string of the molecule is CC1=C/C(=C(/c2ccc(Nc3ccc(C)cc3)cc2)c2cc(C)c(O)c(C(=O)O)c2)C=C(C(=O)O)C1=O. The molecule has 186 valence electrons. The Hall–Kier alpha value is -4.91. The number of ketones is 1. The van der Waals surface area contributed by atoms with Crippen molar-refractivity contribution >= 4 is 34.7 Å². The molecule has 37 heavy (non-hydrogen) atoms. The van der Waals surface area contributed by atoms with Gasteiger partial charge in [-0.3, -0.25) is 4.79 Å². The summed E-state index contributed by atoms with van der Waals surface area (Å²) in [6, 6.07) is 18.3. The van der Waals surface area contributed by atoms with Crippen LogP contribution in [0.5, 0.6) is 5.75 Å². The lowest BCUT2D eigenvalue weighted by Crippen LogP contribution is -2.17. The van der Waals surface area contributed by atoms with Gasteiger partial charge in [-0.2, -0.15) is 0 Å². The molecule has 0 fully saturated rings. The molecule has 7 nitrogen and oxygen atoms in total. The molecule has 0 aliphatic heterocycles. The summed E-state index contributed by atoms with van der Waals surface area (Å²) < 4.78 is 0. The second kappa shape index (κ2) is 9.99. The van der Waals surface area contributed by atoms with Crippen LogP contribution in [0.4, 0.5) is 11.4 Å². The van der Waals surface area contributed by atoms with Crippen molar-refractivity contribution < 1.29 is 29.7 Å². The van der Waals surface area contributed by atoms with Crippen LogP contribution in [0.2, 0.25) is 0 Å². The Labute approximate surface area is 213 Å². The average Bonchev–Trinajstić information content (AvgIpc) is 2.85. The fourth-order valence-corrected chi connectivity index (χ4v) is 4.19. The molecule has 4 rings (SSSR count). The highest BCUT2D eigenvalue weighted by molar-refractivity contribution is 6.25. The Bertz CT molecular complexity index is 1520. The molecule has 4 N–H and O–H groups in total. The number of aromatic carboxylic acids is 1. The van der Waals surface area contributed by atoms with E-state index in [-0.39, 0.29) is 22.5 Å². The number of carbonyl (C=O) groups is 3. The number of aryl methyl sites for hydroxylation is 2. The summed E-state index contributed by atoms with van der Waals surface area (Å²) in [5, 5.41) is 32.8. The number of carbonyl (C=O) groups excluding carboxylic acids is 1. The smallest absolute Gasteiger partial charge is 0.339 e. The predicted octanol–water partition coefficient (Wildman–Crippen LogP) is 5.79. The second-order valence-electron chi connectivity index (χ2n) is 8.91. The largest absolute Gasteiger partial charge is 0.507 e. The summed E-state index contributed by atoms with van der Waals surface area (Å²) in [6.45, 7) is 5.13. The minimum atomic E-state index is -1.35. The van der Waals surface area contributed by atoms with Gasteiger partial charge in [-0.25, -0.2) is 9.59 Å². The van der Waals surface area contributed by atoms with Crippen molar-refractivity contribution in [2.45, 2.75) is 20.8 Å². The molecular weight excluding hydrogens is 470 g/mol. The molecule has 0 atom stereocenters. The van der Waals surface area contributed by atoms with Crippen molar-refractivity contribution in [3.63, 3.8) is 0 Å². The number of benzene rings is 3. The van der Waals surface area contributed by atoms with Gasteiger partial charge < -0.3 is 20.6 Å². The van der Waals surface area contributed by atoms with Crippen LogP contribution in [0.1, 0.15) is 39.5 Å². The van der Waals surface area contributed by atoms with E-state index in [9.17, 15) is 29.7 Å². The molecule has 0 unspecified atom stereocenters. The van der Waals surface area contributed by atoms with Gasteiger partial charge in [0.1, 0.15) is 16.9 Å². The third kappa shape index (κ3) is 5.21. The molecule has 0 aromatic heterocycles. The van der Waals surface area contributed by atoms with Crippen LogP contribution < -0.4 is 5.32 Å². The maximum Gasteiger partial charge on any atom is 0.339 e. The Balaban J connectivity index is 1.90. The fraction of sp³-hybridized carbons (Fsp3) is 0.100. The summed E-state index contributed by atoms with van der Waals surface area (Å²) in [4.78, 5) is 36.0. The van der Waals surface area contributed by atoms with E-state index < -0.39 is 17.7 Å². The van der Waals surface area contributed by atoms with E-state index in [1.165, 1.54) is 19.1 Å². The number of Topliss-reactive ketones (excluding diaryl/α,β-unsaturated/α-hetero) is 1. The van der Waals surface area contributed by atoms with Gasteiger partial charge in [-0.05, 0) is 103 Å². The van der Waals surface area contributed by atoms with Crippen LogP contribution in [0.15, 0.2) is 89.5 Å². The molecule has 0 saturated carbocycles. The van der Waals surface area contributed by atoms with Crippen LogP contribution >= 0.6 is 0 Å². The van der Waals surface area contributed by atoms with Crippen LogP contribution in [-0.2, 0) is 9.59 Å². The Morgan fingerprint density at radius 1 is 0.757 bits per heavy atom. The number of carboxylic acid groups (broad SMARTS) is 2. The van der Waals surface area contributed by atoms with Crippen molar-refractivity contribution in [2.24, 2.45) is 0 Å². The van der Waals surface area contributed by atoms with E-state index in [0.29, 0.717) is 27.8 Å². The Morgan fingerprint density at radius 2 is 1.35 bits per heavy atom. The molecule has 0 spiro atoms. The standard InChI is InChI=1S/C30H25NO6/c1-16-4-8-22(9-5-16)31-23-10-6-19(7-11-23)26(20-12-17(2)27(32)24(14-20)29(34)35)21-13-18(3)28(33)25(15-21)30(36)37/h4-15,31-32H,1-3H3,(H,34,35)(H,36,37)/b26-21+. The highest BCUT2D eigenvalue weighted by Gasteiger charge is 2.25. The number of phenols is 1. The number of aliphatic carboxylic acids is 1. The van der Waals surface area contributed by atoms with E-state index in [1.54, 1.807) is 19.1 Å². The fourth-order valence-electron chi connectivity index (χ4n) is 4.19. The van der Waals surface area contributed by atoms with Crippen molar-refractivity contribution in [1.29, 1.82) is 0 Å². The number of anilines is 2. The molecule has 1 aliphatic rings. The molecule has 0 saturated heterocycles. The highest BCUT2D eigenvalue weighted by Crippen LogP contribution is 2.36. The van der Waals surface area contributed by atoms with E-state index in [2.05, 4.69) is 5.32 Å². The first-order valence-electron chi connectivity index (χ1n) is 11.5. The van der Waals surface area contributed by atoms with E-state index in [4.69, 9.17) is 0 Å². The first-order chi connectivity index (χ1) is 17.5. The molecule has 3 aromatic rings. The maximum absolute atomic E-state index is 12.4. The monoisotopic (exact) mass is 495 g/mol. The normalized spacial score (nSPS) is 14.5. The van der Waals surface area contributed by atoms with Crippen LogP contribution in [-0.4, -0.2) is 33.0 Å². The number of aromatic hydroxyl groups is 1. The zero-order valence-electron chi connectivity index (χ0n) is 20.5. The minimum Gasteiger partial charge on any atom is -0.507 e. The lowest BCUT2D eigenvalue weighted by Gasteiger charge is -2.18. The van der Waals surface area contributed by atoms with Crippen molar-refractivity contribution in [2.75, 3.05) is 5.32 Å². The van der Waals surface area contributed by atoms with E-state index in [1.807, 2.05) is 55.5 Å².